The lowest BCUT2D eigenvalue weighted by molar-refractivity contribution is -0.123. The van der Waals surface area contributed by atoms with Gasteiger partial charge in [0.15, 0.2) is 0 Å². The summed E-state index contributed by atoms with van der Waals surface area (Å²) in [7, 11) is 0. The topological polar surface area (TPSA) is 72.9 Å². The third kappa shape index (κ3) is 2.66. The number of imidazole rings is 1. The Hall–Kier alpha value is -1.75. The van der Waals surface area contributed by atoms with Gasteiger partial charge in [-0.15, -0.1) is 0 Å². The van der Waals surface area contributed by atoms with Gasteiger partial charge in [-0.1, -0.05) is 18.5 Å². The van der Waals surface area contributed by atoms with Crippen LogP contribution >= 0.6 is 11.6 Å². The van der Waals surface area contributed by atoms with Gasteiger partial charge >= 0.3 is 0 Å². The molecular weight excluding hydrogens is 264 g/mol. The average Bonchev–Trinajstić information content (AvgIpc) is 2.70. The van der Waals surface area contributed by atoms with Gasteiger partial charge in [-0.2, -0.15) is 0 Å². The number of nitrogens with zero attached hydrogens (tertiary/aromatic N) is 2. The van der Waals surface area contributed by atoms with E-state index in [2.05, 4.69) is 10.3 Å². The Labute approximate surface area is 116 Å². The van der Waals surface area contributed by atoms with Crippen molar-refractivity contribution in [2.75, 3.05) is 12.3 Å². The van der Waals surface area contributed by atoms with E-state index in [0.717, 1.165) is 17.5 Å². The average molecular weight is 281 g/mol. The highest BCUT2D eigenvalue weighted by Crippen LogP contribution is 2.25. The van der Waals surface area contributed by atoms with Crippen LogP contribution in [0.15, 0.2) is 18.2 Å². The normalized spacial score (nSPS) is 12.6. The summed E-state index contributed by atoms with van der Waals surface area (Å²) >= 11 is 5.99. The first-order valence-electron chi connectivity index (χ1n) is 6.25. The number of halogens is 1. The maximum Gasteiger partial charge on any atom is 0.242 e. The molecule has 2 aromatic rings. The number of carbonyl (C=O) groups excluding carboxylic acids is 1. The first-order valence-corrected chi connectivity index (χ1v) is 6.63. The molecule has 0 aliphatic rings. The number of nitrogen functional groups attached to an aromatic ring is 1. The fourth-order valence-electron chi connectivity index (χ4n) is 2.00. The molecule has 0 fully saturated rings. The molecule has 1 heterocycles. The molecule has 5 nitrogen and oxygen atoms in total. The van der Waals surface area contributed by atoms with E-state index in [4.69, 9.17) is 17.3 Å². The van der Waals surface area contributed by atoms with E-state index in [1.165, 1.54) is 0 Å². The maximum absolute atomic E-state index is 12.0. The van der Waals surface area contributed by atoms with E-state index in [0.29, 0.717) is 17.5 Å². The molecule has 0 radical (unpaired) electrons. The van der Waals surface area contributed by atoms with Crippen LogP contribution in [0.2, 0.25) is 5.02 Å². The zero-order chi connectivity index (χ0) is 14.0. The summed E-state index contributed by atoms with van der Waals surface area (Å²) in [5.41, 5.74) is 7.40. The second kappa shape index (κ2) is 5.48. The zero-order valence-corrected chi connectivity index (χ0v) is 11.7. The van der Waals surface area contributed by atoms with Crippen molar-refractivity contribution in [2.45, 2.75) is 26.3 Å². The highest BCUT2D eigenvalue weighted by molar-refractivity contribution is 6.31. The fourth-order valence-corrected chi connectivity index (χ4v) is 2.17. The lowest BCUT2D eigenvalue weighted by Crippen LogP contribution is -2.31. The summed E-state index contributed by atoms with van der Waals surface area (Å²) in [5, 5.41) is 3.44. The van der Waals surface area contributed by atoms with Crippen molar-refractivity contribution in [3.8, 4) is 0 Å². The van der Waals surface area contributed by atoms with Crippen LogP contribution in [0.5, 0.6) is 0 Å². The van der Waals surface area contributed by atoms with Gasteiger partial charge < -0.3 is 11.1 Å². The molecule has 1 atom stereocenters. The number of hydrogen-bond acceptors (Lipinski definition) is 3. The van der Waals surface area contributed by atoms with Gasteiger partial charge in [-0.05, 0) is 31.5 Å². The van der Waals surface area contributed by atoms with Gasteiger partial charge in [0.2, 0.25) is 11.9 Å². The number of benzene rings is 1. The van der Waals surface area contributed by atoms with Gasteiger partial charge in [-0.3, -0.25) is 9.36 Å². The number of amides is 1. The van der Waals surface area contributed by atoms with E-state index in [1.54, 1.807) is 29.7 Å². The predicted molar refractivity (Wildman–Crippen MR) is 77.2 cm³/mol. The van der Waals surface area contributed by atoms with E-state index in [1.807, 2.05) is 6.92 Å². The van der Waals surface area contributed by atoms with Crippen molar-refractivity contribution >= 4 is 34.5 Å². The number of hydrogen-bond donors (Lipinski definition) is 2. The van der Waals surface area contributed by atoms with Crippen molar-refractivity contribution in [1.82, 2.24) is 14.9 Å². The van der Waals surface area contributed by atoms with Gasteiger partial charge in [0.1, 0.15) is 6.04 Å². The molecule has 0 saturated carbocycles. The van der Waals surface area contributed by atoms with Crippen LogP contribution in [0.3, 0.4) is 0 Å². The first kappa shape index (κ1) is 13.7. The lowest BCUT2D eigenvalue weighted by atomic mass is 10.2. The van der Waals surface area contributed by atoms with Crippen molar-refractivity contribution in [1.29, 1.82) is 0 Å². The minimum absolute atomic E-state index is 0.0761. The maximum atomic E-state index is 12.0. The van der Waals surface area contributed by atoms with E-state index in [9.17, 15) is 4.79 Å². The summed E-state index contributed by atoms with van der Waals surface area (Å²) in [6, 6.07) is 4.89. The summed E-state index contributed by atoms with van der Waals surface area (Å²) in [5.74, 6) is 0.240. The molecule has 0 bridgehead atoms. The second-order valence-electron chi connectivity index (χ2n) is 4.44. The van der Waals surface area contributed by atoms with Crippen LogP contribution in [-0.2, 0) is 4.79 Å². The number of nitrogens with one attached hydrogen (secondary N) is 1. The SMILES string of the molecule is CCCNC(=O)C(C)n1c(N)nc2ccc(Cl)cc21. The van der Waals surface area contributed by atoms with E-state index in [-0.39, 0.29) is 5.91 Å². The predicted octanol–water partition coefficient (Wildman–Crippen LogP) is 2.36. The molecule has 0 aliphatic carbocycles. The van der Waals surface area contributed by atoms with Crippen molar-refractivity contribution < 1.29 is 4.79 Å². The summed E-state index contributed by atoms with van der Waals surface area (Å²) in [6.45, 7) is 4.45. The minimum atomic E-state index is -0.421. The van der Waals surface area contributed by atoms with Crippen molar-refractivity contribution in [2.24, 2.45) is 0 Å². The molecule has 0 spiro atoms. The van der Waals surface area contributed by atoms with Gasteiger partial charge in [0.25, 0.3) is 0 Å². The molecule has 102 valence electrons. The number of aromatic nitrogens is 2. The Morgan fingerprint density at radius 3 is 3.00 bits per heavy atom. The summed E-state index contributed by atoms with van der Waals surface area (Å²) in [4.78, 5) is 16.3. The minimum Gasteiger partial charge on any atom is -0.369 e. The number of nitrogens with two attached hydrogens (primary N) is 1. The van der Waals surface area contributed by atoms with Crippen LogP contribution in [0.1, 0.15) is 26.3 Å². The molecular formula is C13H17ClN4O. The number of carbonyl (C=O) groups is 1. The van der Waals surface area contributed by atoms with Crippen molar-refractivity contribution in [3.63, 3.8) is 0 Å². The van der Waals surface area contributed by atoms with Crippen LogP contribution in [0.4, 0.5) is 5.95 Å². The van der Waals surface area contributed by atoms with Gasteiger partial charge in [0, 0.05) is 11.6 Å². The molecule has 0 aliphatic heterocycles. The molecule has 2 rings (SSSR count). The highest BCUT2D eigenvalue weighted by atomic mass is 35.5. The monoisotopic (exact) mass is 280 g/mol. The molecule has 3 N–H and O–H groups in total. The quantitative estimate of drug-likeness (QED) is 0.903. The Bertz CT molecular complexity index is 608. The first-order chi connectivity index (χ1) is 9.04. The molecule has 1 aromatic heterocycles. The third-order valence-electron chi connectivity index (χ3n) is 2.99. The Morgan fingerprint density at radius 2 is 2.32 bits per heavy atom. The molecule has 1 unspecified atom stereocenters. The number of rotatable bonds is 4. The van der Waals surface area contributed by atoms with E-state index >= 15 is 0 Å². The van der Waals surface area contributed by atoms with Gasteiger partial charge in [0.05, 0.1) is 11.0 Å². The Balaban J connectivity index is 2.40. The second-order valence-corrected chi connectivity index (χ2v) is 4.88. The largest absolute Gasteiger partial charge is 0.369 e. The highest BCUT2D eigenvalue weighted by Gasteiger charge is 2.20. The molecule has 0 saturated heterocycles. The number of anilines is 1. The Kier molecular flexibility index (Phi) is 3.95. The smallest absolute Gasteiger partial charge is 0.242 e. The lowest BCUT2D eigenvalue weighted by Gasteiger charge is -2.15. The fraction of sp³-hybridized carbons (Fsp3) is 0.385. The van der Waals surface area contributed by atoms with E-state index < -0.39 is 6.04 Å². The standard InChI is InChI=1S/C13H17ClN4O/c1-3-6-16-12(19)8(2)18-11-7-9(14)4-5-10(11)17-13(18)15/h4-5,7-8H,3,6H2,1-2H3,(H2,15,17)(H,16,19). The summed E-state index contributed by atoms with van der Waals surface area (Å²) < 4.78 is 1.70. The molecule has 6 heteroatoms. The zero-order valence-electron chi connectivity index (χ0n) is 11.0. The van der Waals surface area contributed by atoms with Crippen LogP contribution in [-0.4, -0.2) is 22.0 Å². The third-order valence-corrected chi connectivity index (χ3v) is 3.23. The molecule has 19 heavy (non-hydrogen) atoms. The van der Waals surface area contributed by atoms with Crippen LogP contribution < -0.4 is 11.1 Å². The molecule has 1 amide bonds. The number of fused-ring (bicyclic) bond motifs is 1. The van der Waals surface area contributed by atoms with Gasteiger partial charge in [-0.25, -0.2) is 4.98 Å². The van der Waals surface area contributed by atoms with Crippen LogP contribution in [0, 0.1) is 0 Å². The summed E-state index contributed by atoms with van der Waals surface area (Å²) in [6.07, 6.45) is 0.893. The molecule has 1 aromatic carbocycles. The van der Waals surface area contributed by atoms with Crippen molar-refractivity contribution in [3.05, 3.63) is 23.2 Å². The van der Waals surface area contributed by atoms with Crippen LogP contribution in [0.25, 0.3) is 11.0 Å². The Morgan fingerprint density at radius 1 is 1.58 bits per heavy atom.